The van der Waals surface area contributed by atoms with Crippen LogP contribution in [0.1, 0.15) is 199 Å². The van der Waals surface area contributed by atoms with Crippen molar-refractivity contribution in [3.63, 3.8) is 0 Å². The Morgan fingerprint density at radius 3 is 1.43 bits per heavy atom. The van der Waals surface area contributed by atoms with E-state index in [-0.39, 0.29) is 69.8 Å². The quantitative estimate of drug-likeness (QED) is 0.0298. The predicted octanol–water partition coefficient (Wildman–Crippen LogP) is 4.43. The van der Waals surface area contributed by atoms with Gasteiger partial charge in [-0.15, -0.1) is 10.6 Å². The van der Waals surface area contributed by atoms with Crippen LogP contribution >= 0.6 is 0 Å². The monoisotopic (exact) mass is 974 g/mol. The van der Waals surface area contributed by atoms with Gasteiger partial charge in [-0.05, 0) is 44.9 Å². The van der Waals surface area contributed by atoms with Crippen molar-refractivity contribution in [1.82, 2.24) is 42.5 Å². The molecule has 0 aromatic rings. The Kier molecular flexibility index (Phi) is 35.6. The topological polar surface area (TPSA) is 312 Å². The van der Waals surface area contributed by atoms with Crippen LogP contribution in [-0.4, -0.2) is 104 Å². The number of sulfonamides is 1. The number of nitrogens with one attached hydrogen (secondary N) is 8. The molecule has 0 aliphatic carbocycles. The summed E-state index contributed by atoms with van der Waals surface area (Å²) in [6.07, 6.45) is 23.5. The van der Waals surface area contributed by atoms with E-state index in [0.717, 1.165) is 89.3 Å². The molecule has 1 aliphatic heterocycles. The Morgan fingerprint density at radius 1 is 0.537 bits per heavy atom. The maximum atomic E-state index is 12.4. The summed E-state index contributed by atoms with van der Waals surface area (Å²) in [6.45, 7) is 0.473. The molecule has 21 nitrogen and oxygen atoms in total. The van der Waals surface area contributed by atoms with E-state index in [1.807, 2.05) is 0 Å². The Morgan fingerprint density at radius 2 is 0.955 bits per heavy atom. The largest absolute Gasteiger partial charge is 0.480 e. The second-order valence-corrected chi connectivity index (χ2v) is 19.1. The Bertz CT molecular complexity index is 1590. The highest BCUT2D eigenvalue weighted by Gasteiger charge is 2.24. The van der Waals surface area contributed by atoms with Gasteiger partial charge in [0.05, 0.1) is 5.75 Å². The second-order valence-electron chi connectivity index (χ2n) is 17.3. The smallest absolute Gasteiger partial charge is 0.326 e. The third kappa shape index (κ3) is 36.2. The number of carbonyl (C=O) groups excluding carboxylic acids is 5. The maximum absolute atomic E-state index is 12.4. The molecule has 0 saturated heterocycles. The van der Waals surface area contributed by atoms with Gasteiger partial charge in [-0.25, -0.2) is 23.5 Å². The average Bonchev–Trinajstić information content (AvgIpc) is 3.80. The van der Waals surface area contributed by atoms with Gasteiger partial charge in [0.1, 0.15) is 24.7 Å². The standard InChI is InChI=1S/C45H83N9O12S/c1-66-35-47-40(56)31-29-36(44(60)61)49-42(58)32-30-37(45(62)63)48-41(57)26-21-17-13-10-7-11-15-19-23-33-46-39(55)28-24-34-67(64,65)52-43(59)27-22-18-14-9-6-4-2-3-5-8-12-16-20-25-38-50-53-54-51-38/h36-37,53-54H,2-35H2,1H3,(H,46,55)(H,47,56)(H,48,57)(H,49,58)(H,50,51)(H,52,59)(H,60,61)(H,62,63). The number of aliphatic carboxylic acids is 2. The summed E-state index contributed by atoms with van der Waals surface area (Å²) < 4.78 is 31.5. The average molecular weight is 974 g/mol. The highest BCUT2D eigenvalue weighted by molar-refractivity contribution is 7.90. The van der Waals surface area contributed by atoms with Crippen molar-refractivity contribution in [2.75, 3.05) is 26.1 Å². The minimum Gasteiger partial charge on any atom is -0.480 e. The van der Waals surface area contributed by atoms with Gasteiger partial charge in [-0.3, -0.25) is 34.1 Å². The molecule has 2 atom stereocenters. The fraction of sp³-hybridized carbons (Fsp3) is 0.822. The van der Waals surface area contributed by atoms with E-state index in [9.17, 15) is 52.2 Å². The summed E-state index contributed by atoms with van der Waals surface area (Å²) in [5, 5.41) is 32.9. The highest BCUT2D eigenvalue weighted by atomic mass is 32.2. The van der Waals surface area contributed by atoms with Gasteiger partial charge in [0.25, 0.3) is 0 Å². The van der Waals surface area contributed by atoms with E-state index in [2.05, 4.69) is 47.6 Å². The van der Waals surface area contributed by atoms with Crippen LogP contribution < -0.4 is 42.5 Å². The summed E-state index contributed by atoms with van der Waals surface area (Å²) in [7, 11) is -2.40. The van der Waals surface area contributed by atoms with Gasteiger partial charge in [0, 0.05) is 52.2 Å². The normalized spacial score (nSPS) is 13.1. The first-order valence-corrected chi connectivity index (χ1v) is 26.3. The van der Waals surface area contributed by atoms with Crippen molar-refractivity contribution in [2.45, 2.75) is 211 Å². The number of hydrazine groups is 2. The zero-order valence-electron chi connectivity index (χ0n) is 40.0. The lowest BCUT2D eigenvalue weighted by atomic mass is 10.0. The third-order valence-corrected chi connectivity index (χ3v) is 12.6. The molecule has 67 heavy (non-hydrogen) atoms. The molecule has 5 amide bonds. The van der Waals surface area contributed by atoms with Gasteiger partial charge >= 0.3 is 11.9 Å². The number of amidine groups is 1. The van der Waals surface area contributed by atoms with Gasteiger partial charge < -0.3 is 36.2 Å². The maximum Gasteiger partial charge on any atom is 0.326 e. The minimum atomic E-state index is -3.78. The number of hydrogen-bond acceptors (Lipinski definition) is 14. The molecule has 22 heteroatoms. The lowest BCUT2D eigenvalue weighted by Gasteiger charge is -2.17. The van der Waals surface area contributed by atoms with Gasteiger partial charge in [0.2, 0.25) is 39.6 Å². The Labute approximate surface area is 398 Å². The lowest BCUT2D eigenvalue weighted by Crippen LogP contribution is -2.44. The molecular weight excluding hydrogens is 891 g/mol. The molecule has 10 N–H and O–H groups in total. The van der Waals surface area contributed by atoms with Gasteiger partial charge in [-0.1, -0.05) is 116 Å². The number of hydrazone groups is 1. The summed E-state index contributed by atoms with van der Waals surface area (Å²) in [4.78, 5) is 84.0. The van der Waals surface area contributed by atoms with Crippen molar-refractivity contribution in [3.8, 4) is 0 Å². The van der Waals surface area contributed by atoms with Crippen LogP contribution in [0.25, 0.3) is 0 Å². The van der Waals surface area contributed by atoms with Crippen molar-refractivity contribution in [1.29, 1.82) is 0 Å². The Hall–Kier alpha value is -4.57. The number of methoxy groups -OCH3 is 1. The fourth-order valence-corrected chi connectivity index (χ4v) is 8.44. The highest BCUT2D eigenvalue weighted by Crippen LogP contribution is 2.15. The predicted molar refractivity (Wildman–Crippen MR) is 254 cm³/mol. The summed E-state index contributed by atoms with van der Waals surface area (Å²) in [5.41, 5.74) is 8.39. The molecule has 0 bridgehead atoms. The zero-order valence-corrected chi connectivity index (χ0v) is 40.8. The number of ether oxygens (including phenoxy) is 1. The van der Waals surface area contributed by atoms with E-state index in [4.69, 9.17) is 4.74 Å². The number of amides is 5. The zero-order chi connectivity index (χ0) is 49.4. The van der Waals surface area contributed by atoms with Crippen LogP contribution in [0.3, 0.4) is 0 Å². The lowest BCUT2D eigenvalue weighted by molar-refractivity contribution is -0.143. The molecule has 1 aliphatic rings. The van der Waals surface area contributed by atoms with Crippen molar-refractivity contribution < 1.29 is 56.9 Å². The molecule has 1 heterocycles. The van der Waals surface area contributed by atoms with Crippen LogP contribution in [0.5, 0.6) is 0 Å². The van der Waals surface area contributed by atoms with Crippen molar-refractivity contribution in [3.05, 3.63) is 0 Å². The first kappa shape index (κ1) is 60.4. The van der Waals surface area contributed by atoms with Gasteiger partial charge in [-0.2, -0.15) is 0 Å². The Balaban J connectivity index is 1.97. The molecule has 1 rings (SSSR count). The molecule has 0 aromatic heterocycles. The minimum absolute atomic E-state index is 0.0371. The summed E-state index contributed by atoms with van der Waals surface area (Å²) >= 11 is 0. The third-order valence-electron chi connectivity index (χ3n) is 11.3. The molecule has 0 saturated carbocycles. The van der Waals surface area contributed by atoms with Crippen LogP contribution in [0.4, 0.5) is 0 Å². The molecular formula is C45H83N9O12S. The molecule has 386 valence electrons. The molecule has 0 fully saturated rings. The van der Waals surface area contributed by atoms with E-state index in [0.29, 0.717) is 19.4 Å². The van der Waals surface area contributed by atoms with E-state index >= 15 is 0 Å². The van der Waals surface area contributed by atoms with E-state index < -0.39 is 57.7 Å². The SMILES string of the molecule is COCNC(=O)CCC(NC(=O)CCC(NC(=O)CCCCCCCCCCCNC(=O)CCCS(=O)(=O)NC(=O)CCCCCCCCCCCCCCCC1=NNNN1)C(=O)O)C(=O)O. The van der Waals surface area contributed by atoms with Crippen LogP contribution in [0, 0.1) is 0 Å². The number of carboxylic acids is 2. The number of nitrogens with zero attached hydrogens (tertiary/aromatic N) is 1. The summed E-state index contributed by atoms with van der Waals surface area (Å²) in [5.74, 6) is -4.28. The number of hydrogen-bond donors (Lipinski definition) is 10. The number of rotatable bonds is 45. The number of unbranched alkanes of at least 4 members (excludes halogenated alkanes) is 20. The van der Waals surface area contributed by atoms with Crippen molar-refractivity contribution >= 4 is 57.3 Å². The van der Waals surface area contributed by atoms with Crippen LogP contribution in [-0.2, 0) is 48.3 Å². The first-order chi connectivity index (χ1) is 32.2. The van der Waals surface area contributed by atoms with Crippen LogP contribution in [0.2, 0.25) is 0 Å². The van der Waals surface area contributed by atoms with Gasteiger partial charge in [0.15, 0.2) is 0 Å². The number of carboxylic acid groups (broad SMARTS) is 2. The van der Waals surface area contributed by atoms with E-state index in [1.54, 1.807) is 0 Å². The summed E-state index contributed by atoms with van der Waals surface area (Å²) in [6, 6.07) is -2.65. The molecule has 0 radical (unpaired) electrons. The molecule has 0 spiro atoms. The fourth-order valence-electron chi connectivity index (χ4n) is 7.37. The first-order valence-electron chi connectivity index (χ1n) is 24.6. The molecule has 0 aromatic carbocycles. The molecule has 2 unspecified atom stereocenters. The number of carbonyl (C=O) groups is 7. The van der Waals surface area contributed by atoms with Crippen molar-refractivity contribution in [2.24, 2.45) is 5.10 Å². The second kappa shape index (κ2) is 39.4. The van der Waals surface area contributed by atoms with Crippen LogP contribution in [0.15, 0.2) is 5.10 Å². The van der Waals surface area contributed by atoms with E-state index in [1.165, 1.54) is 58.5 Å².